The Morgan fingerprint density at radius 3 is 2.91 bits per heavy atom. The molecule has 0 bridgehead atoms. The van der Waals surface area contributed by atoms with Crippen LogP contribution >= 0.6 is 23.2 Å². The fraction of sp³-hybridized carbons (Fsp3) is 0.312. The van der Waals surface area contributed by atoms with Crippen molar-refractivity contribution in [2.75, 3.05) is 6.54 Å². The third-order valence-electron chi connectivity index (χ3n) is 3.83. The summed E-state index contributed by atoms with van der Waals surface area (Å²) in [4.78, 5) is 12.1. The number of carbonyl (C=O) groups is 1. The highest BCUT2D eigenvalue weighted by atomic mass is 35.5. The lowest BCUT2D eigenvalue weighted by Crippen LogP contribution is -2.30. The van der Waals surface area contributed by atoms with Crippen LogP contribution in [0.3, 0.4) is 0 Å². The predicted molar refractivity (Wildman–Crippen MR) is 84.0 cm³/mol. The smallest absolute Gasteiger partial charge is 0.223 e. The van der Waals surface area contributed by atoms with E-state index in [-0.39, 0.29) is 24.3 Å². The Hall–Kier alpha value is -1.49. The Kier molecular flexibility index (Phi) is 4.43. The first-order valence-electron chi connectivity index (χ1n) is 7.00. The molecule has 0 spiro atoms. The molecule has 3 atom stereocenters. The largest absolute Gasteiger partial charge is 0.469 e. The van der Waals surface area contributed by atoms with Crippen molar-refractivity contribution in [2.24, 2.45) is 5.92 Å². The average molecular weight is 340 g/mol. The van der Waals surface area contributed by atoms with E-state index in [4.69, 9.17) is 27.6 Å². The SMILES string of the molecule is O=C(NC[C@H](O)c1ccc(Cl)cc1Cl)[C@H]1C[C@H]1c1ccco1. The first-order valence-corrected chi connectivity index (χ1v) is 7.76. The Bertz CT molecular complexity index is 672. The van der Waals surface area contributed by atoms with E-state index in [1.54, 1.807) is 24.5 Å². The number of rotatable bonds is 5. The van der Waals surface area contributed by atoms with Crippen LogP contribution in [0.5, 0.6) is 0 Å². The second-order valence-corrected chi connectivity index (χ2v) is 6.23. The van der Waals surface area contributed by atoms with Crippen LogP contribution in [0.2, 0.25) is 10.0 Å². The van der Waals surface area contributed by atoms with Gasteiger partial charge < -0.3 is 14.8 Å². The standard InChI is InChI=1S/C16H15Cl2NO3/c17-9-3-4-10(13(18)6-9)14(20)8-19-16(21)12-7-11(12)15-2-1-5-22-15/h1-6,11-12,14,20H,7-8H2,(H,19,21)/t11-,12+,14+/m1/s1. The summed E-state index contributed by atoms with van der Waals surface area (Å²) in [6.45, 7) is 0.113. The van der Waals surface area contributed by atoms with E-state index in [1.807, 2.05) is 12.1 Å². The summed E-state index contributed by atoms with van der Waals surface area (Å²) in [7, 11) is 0. The number of hydrogen-bond donors (Lipinski definition) is 2. The quantitative estimate of drug-likeness (QED) is 0.875. The summed E-state index contributed by atoms with van der Waals surface area (Å²) in [5, 5.41) is 13.8. The normalized spacial score (nSPS) is 21.4. The summed E-state index contributed by atoms with van der Waals surface area (Å²) in [5.74, 6) is 0.817. The van der Waals surface area contributed by atoms with E-state index in [2.05, 4.69) is 5.32 Å². The first-order chi connectivity index (χ1) is 10.6. The van der Waals surface area contributed by atoms with Crippen LogP contribution in [0.1, 0.15) is 29.8 Å². The molecule has 3 rings (SSSR count). The molecule has 116 valence electrons. The molecular formula is C16H15Cl2NO3. The number of halogens is 2. The maximum atomic E-state index is 12.1. The highest BCUT2D eigenvalue weighted by molar-refractivity contribution is 6.35. The molecule has 22 heavy (non-hydrogen) atoms. The Morgan fingerprint density at radius 1 is 1.41 bits per heavy atom. The molecular weight excluding hydrogens is 325 g/mol. The van der Waals surface area contributed by atoms with Crippen LogP contribution in [-0.2, 0) is 4.79 Å². The molecule has 4 nitrogen and oxygen atoms in total. The van der Waals surface area contributed by atoms with E-state index in [9.17, 15) is 9.90 Å². The minimum atomic E-state index is -0.866. The lowest BCUT2D eigenvalue weighted by Gasteiger charge is -2.14. The number of aliphatic hydroxyl groups excluding tert-OH is 1. The van der Waals surface area contributed by atoms with Gasteiger partial charge in [0.15, 0.2) is 0 Å². The average Bonchev–Trinajstić information content (AvgIpc) is 3.10. The third-order valence-corrected chi connectivity index (χ3v) is 4.39. The van der Waals surface area contributed by atoms with E-state index < -0.39 is 6.10 Å². The van der Waals surface area contributed by atoms with E-state index in [0.717, 1.165) is 12.2 Å². The lowest BCUT2D eigenvalue weighted by atomic mass is 10.1. The van der Waals surface area contributed by atoms with Gasteiger partial charge in [0.05, 0.1) is 12.4 Å². The van der Waals surface area contributed by atoms with Gasteiger partial charge in [0.1, 0.15) is 5.76 Å². The Morgan fingerprint density at radius 2 is 2.23 bits per heavy atom. The Balaban J connectivity index is 1.53. The lowest BCUT2D eigenvalue weighted by molar-refractivity contribution is -0.122. The van der Waals surface area contributed by atoms with Gasteiger partial charge in [-0.05, 0) is 30.7 Å². The topological polar surface area (TPSA) is 62.5 Å². The van der Waals surface area contributed by atoms with Crippen molar-refractivity contribution in [3.8, 4) is 0 Å². The van der Waals surface area contributed by atoms with Gasteiger partial charge in [0.25, 0.3) is 0 Å². The van der Waals surface area contributed by atoms with Gasteiger partial charge >= 0.3 is 0 Å². The van der Waals surface area contributed by atoms with Gasteiger partial charge in [-0.1, -0.05) is 29.3 Å². The zero-order valence-electron chi connectivity index (χ0n) is 11.6. The van der Waals surface area contributed by atoms with E-state index in [1.165, 1.54) is 0 Å². The van der Waals surface area contributed by atoms with Gasteiger partial charge in [-0.3, -0.25) is 4.79 Å². The molecule has 1 aliphatic rings. The minimum Gasteiger partial charge on any atom is -0.469 e. The summed E-state index contributed by atoms with van der Waals surface area (Å²) in [5.41, 5.74) is 0.546. The fourth-order valence-electron chi connectivity index (χ4n) is 2.51. The summed E-state index contributed by atoms with van der Waals surface area (Å²) in [6.07, 6.45) is 1.51. The molecule has 1 fully saturated rings. The van der Waals surface area contributed by atoms with Crippen molar-refractivity contribution in [3.05, 3.63) is 58.0 Å². The van der Waals surface area contributed by atoms with Gasteiger partial charge in [0.2, 0.25) is 5.91 Å². The molecule has 1 aromatic heterocycles. The first kappa shape index (κ1) is 15.4. The summed E-state index contributed by atoms with van der Waals surface area (Å²) >= 11 is 11.9. The van der Waals surface area contributed by atoms with Crippen LogP contribution in [0.4, 0.5) is 0 Å². The van der Waals surface area contributed by atoms with E-state index >= 15 is 0 Å². The molecule has 0 aliphatic heterocycles. The molecule has 1 amide bonds. The monoisotopic (exact) mass is 339 g/mol. The van der Waals surface area contributed by atoms with E-state index in [0.29, 0.717) is 15.6 Å². The van der Waals surface area contributed by atoms with Crippen LogP contribution in [-0.4, -0.2) is 17.6 Å². The number of nitrogens with one attached hydrogen (secondary N) is 1. The molecule has 1 aliphatic carbocycles. The summed E-state index contributed by atoms with van der Waals surface area (Å²) in [6, 6.07) is 8.57. The molecule has 1 heterocycles. The maximum Gasteiger partial charge on any atom is 0.223 e. The second kappa shape index (κ2) is 6.32. The van der Waals surface area contributed by atoms with Gasteiger partial charge in [-0.2, -0.15) is 0 Å². The maximum absolute atomic E-state index is 12.1. The molecule has 2 N–H and O–H groups in total. The van der Waals surface area contributed by atoms with Crippen LogP contribution in [0, 0.1) is 5.92 Å². The molecule has 2 aromatic rings. The summed E-state index contributed by atoms with van der Waals surface area (Å²) < 4.78 is 5.30. The minimum absolute atomic E-state index is 0.0782. The van der Waals surface area contributed by atoms with Crippen LogP contribution in [0.25, 0.3) is 0 Å². The van der Waals surface area contributed by atoms with Crippen LogP contribution in [0.15, 0.2) is 41.0 Å². The number of carbonyl (C=O) groups excluding carboxylic acids is 1. The number of furan rings is 1. The molecule has 0 unspecified atom stereocenters. The van der Waals surface area contributed by atoms with Crippen molar-refractivity contribution in [3.63, 3.8) is 0 Å². The van der Waals surface area contributed by atoms with Crippen molar-refractivity contribution in [1.29, 1.82) is 0 Å². The number of benzene rings is 1. The predicted octanol–water partition coefficient (Wildman–Crippen LogP) is 3.54. The van der Waals surface area contributed by atoms with Crippen LogP contribution < -0.4 is 5.32 Å². The zero-order chi connectivity index (χ0) is 15.7. The van der Waals surface area contributed by atoms with Gasteiger partial charge in [-0.25, -0.2) is 0 Å². The third kappa shape index (κ3) is 3.29. The second-order valence-electron chi connectivity index (χ2n) is 5.39. The molecule has 6 heteroatoms. The molecule has 1 saturated carbocycles. The van der Waals surface area contributed by atoms with Crippen molar-refractivity contribution in [1.82, 2.24) is 5.32 Å². The fourth-order valence-corrected chi connectivity index (χ4v) is 3.05. The van der Waals surface area contributed by atoms with Crippen molar-refractivity contribution in [2.45, 2.75) is 18.4 Å². The number of hydrogen-bond acceptors (Lipinski definition) is 3. The van der Waals surface area contributed by atoms with Crippen molar-refractivity contribution >= 4 is 29.1 Å². The molecule has 1 aromatic carbocycles. The molecule has 0 saturated heterocycles. The van der Waals surface area contributed by atoms with Crippen molar-refractivity contribution < 1.29 is 14.3 Å². The molecule has 0 radical (unpaired) electrons. The zero-order valence-corrected chi connectivity index (χ0v) is 13.1. The van der Waals surface area contributed by atoms with Gasteiger partial charge in [0, 0.05) is 34.0 Å². The Labute approximate surface area is 138 Å². The highest BCUT2D eigenvalue weighted by Crippen LogP contribution is 2.47. The van der Waals surface area contributed by atoms with Gasteiger partial charge in [-0.15, -0.1) is 0 Å². The highest BCUT2D eigenvalue weighted by Gasteiger charge is 2.45. The number of aliphatic hydroxyl groups is 1. The number of amides is 1.